The van der Waals surface area contributed by atoms with Crippen LogP contribution in [0.5, 0.6) is 5.75 Å². The lowest BCUT2D eigenvalue weighted by atomic mass is 10.0. The van der Waals surface area contributed by atoms with Gasteiger partial charge in [-0.2, -0.15) is 0 Å². The number of rotatable bonds is 5. The first-order chi connectivity index (χ1) is 15.2. The number of methoxy groups -OCH3 is 1. The van der Waals surface area contributed by atoms with E-state index in [2.05, 4.69) is 6.07 Å². The summed E-state index contributed by atoms with van der Waals surface area (Å²) in [4.78, 5) is 30.6. The van der Waals surface area contributed by atoms with Crippen molar-refractivity contribution < 1.29 is 14.3 Å². The summed E-state index contributed by atoms with van der Waals surface area (Å²) in [7, 11) is 1.58. The molecule has 3 aromatic rings. The van der Waals surface area contributed by atoms with Crippen LogP contribution in [0.1, 0.15) is 16.7 Å². The van der Waals surface area contributed by atoms with Crippen molar-refractivity contribution >= 4 is 23.1 Å². The second-order valence-electron chi connectivity index (χ2n) is 7.64. The smallest absolute Gasteiger partial charge is 0.278 e. The van der Waals surface area contributed by atoms with Crippen molar-refractivity contribution in [1.82, 2.24) is 4.90 Å². The maximum Gasteiger partial charge on any atom is 0.278 e. The molecule has 0 bridgehead atoms. The minimum Gasteiger partial charge on any atom is -0.496 e. The summed E-state index contributed by atoms with van der Waals surface area (Å²) < 4.78 is 5.54. The van der Waals surface area contributed by atoms with Crippen molar-refractivity contribution in [3.8, 4) is 5.75 Å². The maximum absolute atomic E-state index is 13.7. The van der Waals surface area contributed by atoms with Gasteiger partial charge >= 0.3 is 0 Å². The Morgan fingerprint density at radius 3 is 2.35 bits per heavy atom. The van der Waals surface area contributed by atoms with Gasteiger partial charge in [-0.05, 0) is 29.7 Å². The number of carbonyl (C=O) groups excluding carboxylic acids is 2. The predicted molar refractivity (Wildman–Crippen MR) is 119 cm³/mol. The highest BCUT2D eigenvalue weighted by atomic mass is 16.5. The molecule has 2 heterocycles. The van der Waals surface area contributed by atoms with E-state index in [0.29, 0.717) is 29.1 Å². The highest BCUT2D eigenvalue weighted by Gasteiger charge is 2.43. The van der Waals surface area contributed by atoms with Crippen LogP contribution in [0.25, 0.3) is 5.57 Å². The van der Waals surface area contributed by atoms with Crippen molar-refractivity contribution in [2.75, 3.05) is 18.6 Å². The summed E-state index contributed by atoms with van der Waals surface area (Å²) in [5, 5.41) is 0. The third-order valence-corrected chi connectivity index (χ3v) is 5.86. The summed E-state index contributed by atoms with van der Waals surface area (Å²) in [6.45, 7) is 0.891. The monoisotopic (exact) mass is 410 g/mol. The van der Waals surface area contributed by atoms with Gasteiger partial charge in [0.1, 0.15) is 11.4 Å². The number of fused-ring (bicyclic) bond motifs is 1. The fourth-order valence-corrected chi connectivity index (χ4v) is 4.39. The third-order valence-electron chi connectivity index (χ3n) is 5.86. The molecule has 0 aliphatic carbocycles. The number of anilines is 1. The number of hydrogen-bond donors (Lipinski definition) is 0. The van der Waals surface area contributed by atoms with E-state index >= 15 is 0 Å². The predicted octanol–water partition coefficient (Wildman–Crippen LogP) is 4.04. The number of para-hydroxylation sites is 2. The zero-order valence-electron chi connectivity index (χ0n) is 17.2. The molecule has 0 fully saturated rings. The minimum atomic E-state index is -0.294. The quantitative estimate of drug-likeness (QED) is 0.596. The minimum absolute atomic E-state index is 0.232. The fraction of sp³-hybridized carbons (Fsp3) is 0.154. The van der Waals surface area contributed by atoms with E-state index in [0.717, 1.165) is 17.7 Å². The molecule has 0 unspecified atom stereocenters. The van der Waals surface area contributed by atoms with Gasteiger partial charge in [0.15, 0.2) is 0 Å². The van der Waals surface area contributed by atoms with Crippen LogP contribution in [0.2, 0.25) is 0 Å². The first-order valence-electron chi connectivity index (χ1n) is 10.3. The Labute approximate surface area is 181 Å². The average molecular weight is 410 g/mol. The molecule has 2 aliphatic heterocycles. The summed E-state index contributed by atoms with van der Waals surface area (Å²) >= 11 is 0. The second kappa shape index (κ2) is 7.76. The van der Waals surface area contributed by atoms with Gasteiger partial charge in [-0.3, -0.25) is 14.5 Å². The summed E-state index contributed by atoms with van der Waals surface area (Å²) in [6.07, 6.45) is 0.832. The van der Waals surface area contributed by atoms with Crippen LogP contribution in [0, 0.1) is 0 Å². The van der Waals surface area contributed by atoms with Crippen molar-refractivity contribution in [3.05, 3.63) is 101 Å². The number of imide groups is 1. The zero-order valence-corrected chi connectivity index (χ0v) is 17.2. The Hall–Kier alpha value is -3.86. The molecule has 5 rings (SSSR count). The lowest BCUT2D eigenvalue weighted by Gasteiger charge is -2.22. The topological polar surface area (TPSA) is 49.9 Å². The zero-order chi connectivity index (χ0) is 21.4. The van der Waals surface area contributed by atoms with Crippen molar-refractivity contribution in [1.29, 1.82) is 0 Å². The molecule has 154 valence electrons. The van der Waals surface area contributed by atoms with Gasteiger partial charge in [-0.1, -0.05) is 66.7 Å². The molecular weight excluding hydrogens is 388 g/mol. The van der Waals surface area contributed by atoms with Crippen LogP contribution in [-0.4, -0.2) is 30.4 Å². The summed E-state index contributed by atoms with van der Waals surface area (Å²) in [5.74, 6) is 0.00869. The Bertz CT molecular complexity index is 1200. The van der Waals surface area contributed by atoms with Crippen molar-refractivity contribution in [2.45, 2.75) is 13.0 Å². The van der Waals surface area contributed by atoms with Crippen molar-refractivity contribution in [3.63, 3.8) is 0 Å². The lowest BCUT2D eigenvalue weighted by Crippen LogP contribution is -2.34. The van der Waals surface area contributed by atoms with Crippen LogP contribution in [-0.2, 0) is 22.6 Å². The van der Waals surface area contributed by atoms with E-state index in [1.54, 1.807) is 7.11 Å². The molecule has 31 heavy (non-hydrogen) atoms. The highest BCUT2D eigenvalue weighted by Crippen LogP contribution is 2.41. The van der Waals surface area contributed by atoms with E-state index in [4.69, 9.17) is 4.74 Å². The Morgan fingerprint density at radius 1 is 0.839 bits per heavy atom. The van der Waals surface area contributed by atoms with Gasteiger partial charge in [-0.15, -0.1) is 0 Å². The molecule has 3 aromatic carbocycles. The van der Waals surface area contributed by atoms with Crippen LogP contribution in [0.4, 0.5) is 5.69 Å². The molecule has 0 aromatic heterocycles. The molecule has 2 aliphatic rings. The number of ether oxygens (including phenoxy) is 1. The second-order valence-corrected chi connectivity index (χ2v) is 7.64. The number of amides is 2. The van der Waals surface area contributed by atoms with Gasteiger partial charge in [0.25, 0.3) is 11.8 Å². The lowest BCUT2D eigenvalue weighted by molar-refractivity contribution is -0.137. The first-order valence-corrected chi connectivity index (χ1v) is 10.3. The number of benzene rings is 3. The van der Waals surface area contributed by atoms with E-state index in [9.17, 15) is 9.59 Å². The standard InChI is InChI=1S/C26H22N2O3/c1-31-22-14-8-6-12-20(22)23-24(27-16-15-19-11-5-7-13-21(19)27)26(30)28(25(23)29)17-18-9-3-2-4-10-18/h2-14H,15-17H2,1H3. The maximum atomic E-state index is 13.7. The van der Waals surface area contributed by atoms with Gasteiger partial charge < -0.3 is 9.64 Å². The molecule has 0 atom stereocenters. The van der Waals surface area contributed by atoms with Gasteiger partial charge in [0, 0.05) is 17.8 Å². The van der Waals surface area contributed by atoms with Crippen LogP contribution >= 0.6 is 0 Å². The fourth-order valence-electron chi connectivity index (χ4n) is 4.39. The Balaban J connectivity index is 1.65. The number of nitrogens with zero attached hydrogens (tertiary/aromatic N) is 2. The van der Waals surface area contributed by atoms with E-state index in [1.165, 1.54) is 10.5 Å². The molecule has 0 spiro atoms. The average Bonchev–Trinajstić information content (AvgIpc) is 3.34. The van der Waals surface area contributed by atoms with E-state index < -0.39 is 0 Å². The Kier molecular flexibility index (Phi) is 4.79. The highest BCUT2D eigenvalue weighted by molar-refractivity contribution is 6.37. The molecule has 0 saturated carbocycles. The SMILES string of the molecule is COc1ccccc1C1=C(N2CCc3ccccc32)C(=O)N(Cc2ccccc2)C1=O. The summed E-state index contributed by atoms with van der Waals surface area (Å²) in [5.41, 5.74) is 4.53. The van der Waals surface area contributed by atoms with E-state index in [1.807, 2.05) is 77.7 Å². The van der Waals surface area contributed by atoms with E-state index in [-0.39, 0.29) is 18.4 Å². The van der Waals surface area contributed by atoms with Crippen LogP contribution < -0.4 is 9.64 Å². The van der Waals surface area contributed by atoms with Gasteiger partial charge in [0.2, 0.25) is 0 Å². The van der Waals surface area contributed by atoms with Gasteiger partial charge in [0.05, 0.1) is 19.2 Å². The van der Waals surface area contributed by atoms with Crippen LogP contribution in [0.15, 0.2) is 84.6 Å². The summed E-state index contributed by atoms with van der Waals surface area (Å²) in [6, 6.07) is 25.0. The molecule has 0 radical (unpaired) electrons. The molecular formula is C26H22N2O3. The first kappa shape index (κ1) is 19.1. The Morgan fingerprint density at radius 2 is 1.55 bits per heavy atom. The molecule has 5 nitrogen and oxygen atoms in total. The molecule has 0 N–H and O–H groups in total. The molecule has 0 saturated heterocycles. The molecule has 5 heteroatoms. The normalized spacial score (nSPS) is 15.6. The molecule has 2 amide bonds. The third kappa shape index (κ3) is 3.19. The van der Waals surface area contributed by atoms with Crippen LogP contribution in [0.3, 0.4) is 0 Å². The van der Waals surface area contributed by atoms with Crippen molar-refractivity contribution in [2.24, 2.45) is 0 Å². The van der Waals surface area contributed by atoms with Gasteiger partial charge in [-0.25, -0.2) is 0 Å². The largest absolute Gasteiger partial charge is 0.496 e. The number of hydrogen-bond acceptors (Lipinski definition) is 4. The number of carbonyl (C=O) groups is 2.